The van der Waals surface area contributed by atoms with Crippen molar-refractivity contribution in [2.45, 2.75) is 6.92 Å². The smallest absolute Gasteiger partial charge is 0.257 e. The number of nitrogens with two attached hydrogens (primary N) is 1. The van der Waals surface area contributed by atoms with E-state index in [2.05, 4.69) is 5.32 Å². The molecule has 3 heteroatoms. The zero-order valence-corrected chi connectivity index (χ0v) is 9.60. The lowest BCUT2D eigenvalue weighted by Crippen LogP contribution is -2.14. The molecule has 86 valence electrons. The van der Waals surface area contributed by atoms with Crippen LogP contribution in [0.5, 0.6) is 0 Å². The summed E-state index contributed by atoms with van der Waals surface area (Å²) in [6.07, 6.45) is 0. The number of para-hydroxylation sites is 1. The molecule has 2 rings (SSSR count). The average Bonchev–Trinajstić information content (AvgIpc) is 2.33. The second kappa shape index (κ2) is 4.70. The van der Waals surface area contributed by atoms with E-state index in [1.165, 1.54) is 0 Å². The zero-order valence-electron chi connectivity index (χ0n) is 9.60. The fraction of sp³-hybridized carbons (Fsp3) is 0.0714. The van der Waals surface area contributed by atoms with Crippen molar-refractivity contribution in [2.75, 3.05) is 11.1 Å². The molecule has 0 heterocycles. The molecule has 0 aliphatic heterocycles. The van der Waals surface area contributed by atoms with Gasteiger partial charge < -0.3 is 11.1 Å². The Bertz CT molecular complexity index is 535. The highest BCUT2D eigenvalue weighted by Crippen LogP contribution is 2.16. The van der Waals surface area contributed by atoms with Crippen LogP contribution in [0.15, 0.2) is 48.5 Å². The third kappa shape index (κ3) is 2.64. The van der Waals surface area contributed by atoms with E-state index in [1.54, 1.807) is 12.1 Å². The molecule has 1 amide bonds. The number of aryl methyl sites for hydroxylation is 1. The number of anilines is 2. The molecule has 0 aliphatic rings. The first-order valence-corrected chi connectivity index (χ1v) is 5.39. The molecule has 3 nitrogen and oxygen atoms in total. The molecule has 0 radical (unpaired) electrons. The Balaban J connectivity index is 2.23. The second-order valence-electron chi connectivity index (χ2n) is 3.91. The Hall–Kier alpha value is -2.29. The van der Waals surface area contributed by atoms with Crippen LogP contribution in [0.25, 0.3) is 0 Å². The van der Waals surface area contributed by atoms with Crippen molar-refractivity contribution in [2.24, 2.45) is 0 Å². The first kappa shape index (κ1) is 11.2. The summed E-state index contributed by atoms with van der Waals surface area (Å²) in [7, 11) is 0. The number of carbonyl (C=O) groups is 1. The van der Waals surface area contributed by atoms with Crippen LogP contribution in [0.4, 0.5) is 11.4 Å². The average molecular weight is 226 g/mol. The van der Waals surface area contributed by atoms with Crippen LogP contribution < -0.4 is 11.1 Å². The quantitative estimate of drug-likeness (QED) is 0.773. The lowest BCUT2D eigenvalue weighted by Gasteiger charge is -2.08. The summed E-state index contributed by atoms with van der Waals surface area (Å²) in [6.45, 7) is 1.93. The summed E-state index contributed by atoms with van der Waals surface area (Å²) in [6, 6.07) is 14.7. The Morgan fingerprint density at radius 1 is 1.12 bits per heavy atom. The number of hydrogen-bond donors (Lipinski definition) is 2. The molecule has 0 saturated carbocycles. The molecule has 17 heavy (non-hydrogen) atoms. The summed E-state index contributed by atoms with van der Waals surface area (Å²) in [5.41, 5.74) is 8.56. The molecule has 0 fully saturated rings. The highest BCUT2D eigenvalue weighted by Gasteiger charge is 2.09. The number of nitrogens with one attached hydrogen (secondary N) is 1. The van der Waals surface area contributed by atoms with E-state index in [-0.39, 0.29) is 5.91 Å². The highest BCUT2D eigenvalue weighted by atomic mass is 16.1. The van der Waals surface area contributed by atoms with Crippen LogP contribution in [0.1, 0.15) is 15.9 Å². The van der Waals surface area contributed by atoms with Gasteiger partial charge in [0.05, 0.1) is 5.56 Å². The van der Waals surface area contributed by atoms with Gasteiger partial charge in [-0.05, 0) is 31.2 Å². The first-order valence-electron chi connectivity index (χ1n) is 5.39. The maximum atomic E-state index is 12.0. The SMILES string of the molecule is Cc1ccc(N)c(C(=O)Nc2ccccc2)c1. The first-order chi connectivity index (χ1) is 8.16. The monoisotopic (exact) mass is 226 g/mol. The van der Waals surface area contributed by atoms with E-state index in [1.807, 2.05) is 43.3 Å². The summed E-state index contributed by atoms with van der Waals surface area (Å²) < 4.78 is 0. The van der Waals surface area contributed by atoms with Crippen LogP contribution in [0.3, 0.4) is 0 Å². The minimum atomic E-state index is -0.183. The number of benzene rings is 2. The lowest BCUT2D eigenvalue weighted by molar-refractivity contribution is 0.102. The van der Waals surface area contributed by atoms with Gasteiger partial charge in [0.25, 0.3) is 5.91 Å². The fourth-order valence-corrected chi connectivity index (χ4v) is 1.59. The van der Waals surface area contributed by atoms with Crippen molar-refractivity contribution in [3.05, 3.63) is 59.7 Å². The fourth-order valence-electron chi connectivity index (χ4n) is 1.59. The van der Waals surface area contributed by atoms with Gasteiger partial charge in [0.2, 0.25) is 0 Å². The Labute approximate surface area is 100 Å². The predicted octanol–water partition coefficient (Wildman–Crippen LogP) is 2.83. The van der Waals surface area contributed by atoms with Crippen LogP contribution in [0, 0.1) is 6.92 Å². The Morgan fingerprint density at radius 3 is 2.53 bits per heavy atom. The number of nitrogen functional groups attached to an aromatic ring is 1. The van der Waals surface area contributed by atoms with Crippen molar-refractivity contribution in [3.63, 3.8) is 0 Å². The van der Waals surface area contributed by atoms with Crippen molar-refractivity contribution in [3.8, 4) is 0 Å². The summed E-state index contributed by atoms with van der Waals surface area (Å²) >= 11 is 0. The summed E-state index contributed by atoms with van der Waals surface area (Å²) in [5.74, 6) is -0.183. The van der Waals surface area contributed by atoms with E-state index in [0.29, 0.717) is 11.3 Å². The molecule has 0 bridgehead atoms. The second-order valence-corrected chi connectivity index (χ2v) is 3.91. The van der Waals surface area contributed by atoms with Crippen molar-refractivity contribution in [1.29, 1.82) is 0 Å². The van der Waals surface area contributed by atoms with E-state index in [9.17, 15) is 4.79 Å². The Kier molecular flexibility index (Phi) is 3.10. The van der Waals surface area contributed by atoms with Crippen LogP contribution >= 0.6 is 0 Å². The largest absolute Gasteiger partial charge is 0.398 e. The number of amides is 1. The van der Waals surface area contributed by atoms with Gasteiger partial charge in [-0.25, -0.2) is 0 Å². The molecule has 2 aromatic rings. The van der Waals surface area contributed by atoms with Gasteiger partial charge in [-0.15, -0.1) is 0 Å². The normalized spacial score (nSPS) is 9.94. The number of rotatable bonds is 2. The molecule has 0 aliphatic carbocycles. The van der Waals surface area contributed by atoms with E-state index < -0.39 is 0 Å². The standard InChI is InChI=1S/C14H14N2O/c1-10-7-8-13(15)12(9-10)14(17)16-11-5-3-2-4-6-11/h2-9H,15H2,1H3,(H,16,17). The van der Waals surface area contributed by atoms with Gasteiger partial charge in [-0.2, -0.15) is 0 Å². The molecule has 0 aromatic heterocycles. The highest BCUT2D eigenvalue weighted by molar-refractivity contribution is 6.07. The van der Waals surface area contributed by atoms with Crippen molar-refractivity contribution < 1.29 is 4.79 Å². The minimum absolute atomic E-state index is 0.183. The zero-order chi connectivity index (χ0) is 12.3. The molecule has 0 saturated heterocycles. The van der Waals surface area contributed by atoms with Crippen LogP contribution in [-0.4, -0.2) is 5.91 Å². The van der Waals surface area contributed by atoms with Crippen molar-refractivity contribution in [1.82, 2.24) is 0 Å². The molecule has 3 N–H and O–H groups in total. The third-order valence-corrected chi connectivity index (χ3v) is 2.49. The van der Waals surface area contributed by atoms with Gasteiger partial charge in [0.15, 0.2) is 0 Å². The molecule has 0 unspecified atom stereocenters. The van der Waals surface area contributed by atoms with Gasteiger partial charge in [0, 0.05) is 11.4 Å². The van der Waals surface area contributed by atoms with Crippen molar-refractivity contribution >= 4 is 17.3 Å². The molecular formula is C14H14N2O. The van der Waals surface area contributed by atoms with Gasteiger partial charge in [0.1, 0.15) is 0 Å². The summed E-state index contributed by atoms with van der Waals surface area (Å²) in [5, 5.41) is 2.81. The molecule has 0 atom stereocenters. The maximum absolute atomic E-state index is 12.0. The van der Waals surface area contributed by atoms with E-state index in [0.717, 1.165) is 11.3 Å². The Morgan fingerprint density at radius 2 is 1.82 bits per heavy atom. The van der Waals surface area contributed by atoms with Crippen LogP contribution in [-0.2, 0) is 0 Å². The number of carbonyl (C=O) groups excluding carboxylic acids is 1. The van der Waals surface area contributed by atoms with Gasteiger partial charge in [-0.1, -0.05) is 29.8 Å². The summed E-state index contributed by atoms with van der Waals surface area (Å²) in [4.78, 5) is 12.0. The van der Waals surface area contributed by atoms with Gasteiger partial charge in [-0.3, -0.25) is 4.79 Å². The molecule has 0 spiro atoms. The topological polar surface area (TPSA) is 55.1 Å². The predicted molar refractivity (Wildman–Crippen MR) is 70.0 cm³/mol. The molecular weight excluding hydrogens is 212 g/mol. The van der Waals surface area contributed by atoms with Crippen LogP contribution in [0.2, 0.25) is 0 Å². The lowest BCUT2D eigenvalue weighted by atomic mass is 10.1. The minimum Gasteiger partial charge on any atom is -0.398 e. The van der Waals surface area contributed by atoms with E-state index in [4.69, 9.17) is 5.73 Å². The molecule has 2 aromatic carbocycles. The van der Waals surface area contributed by atoms with E-state index >= 15 is 0 Å². The number of hydrogen-bond acceptors (Lipinski definition) is 2. The maximum Gasteiger partial charge on any atom is 0.257 e. The third-order valence-electron chi connectivity index (χ3n) is 2.49. The van der Waals surface area contributed by atoms with Gasteiger partial charge >= 0.3 is 0 Å².